The number of nitrogens with zero attached hydrogens (tertiary/aromatic N) is 1. The minimum absolute atomic E-state index is 0.0408. The van der Waals surface area contributed by atoms with Gasteiger partial charge in [-0.25, -0.2) is 4.79 Å². The number of urea groups is 1. The molecular weight excluding hydrogens is 472 g/mol. The molecule has 5 fully saturated rings. The van der Waals surface area contributed by atoms with Crippen LogP contribution in [0.2, 0.25) is 0 Å². The molecule has 3 amide bonds. The van der Waals surface area contributed by atoms with E-state index in [0.717, 1.165) is 75.1 Å². The number of carbonyl (C=O) groups excluding carboxylic acids is 2. The minimum Gasteiger partial charge on any atom is -0.371 e. The first kappa shape index (κ1) is 25.3. The fraction of sp³-hybridized carbons (Fsp3) is 0.562. The fourth-order valence-corrected chi connectivity index (χ4v) is 8.05. The molecule has 2 aromatic carbocycles. The Bertz CT molecular complexity index is 1120. The molecule has 0 spiro atoms. The van der Waals surface area contributed by atoms with Gasteiger partial charge < -0.3 is 20.9 Å². The lowest BCUT2D eigenvalue weighted by Gasteiger charge is -2.56. The van der Waals surface area contributed by atoms with Crippen LogP contribution in [0.1, 0.15) is 74.2 Å². The molecule has 6 heteroatoms. The quantitative estimate of drug-likeness (QED) is 0.425. The maximum Gasteiger partial charge on any atom is 0.319 e. The molecule has 38 heavy (non-hydrogen) atoms. The first-order valence-corrected chi connectivity index (χ1v) is 14.7. The Morgan fingerprint density at radius 3 is 2.24 bits per heavy atom. The summed E-state index contributed by atoms with van der Waals surface area (Å²) in [5, 5.41) is 9.60. The molecule has 0 radical (unpaired) electrons. The number of piperidine rings is 1. The van der Waals surface area contributed by atoms with E-state index < -0.39 is 0 Å². The average Bonchev–Trinajstić information content (AvgIpc) is 2.88. The molecule has 4 bridgehead atoms. The number of carbonyl (C=O) groups is 2. The van der Waals surface area contributed by atoms with Crippen molar-refractivity contribution in [3.8, 4) is 0 Å². The summed E-state index contributed by atoms with van der Waals surface area (Å²) in [6, 6.07) is 15.9. The van der Waals surface area contributed by atoms with E-state index in [9.17, 15) is 9.59 Å². The zero-order valence-electron chi connectivity index (χ0n) is 22.7. The normalized spacial score (nSPS) is 28.2. The molecule has 1 heterocycles. The smallest absolute Gasteiger partial charge is 0.319 e. The van der Waals surface area contributed by atoms with Gasteiger partial charge in [0, 0.05) is 36.5 Å². The van der Waals surface area contributed by atoms with Gasteiger partial charge in [0.15, 0.2) is 0 Å². The SMILES string of the molecule is CC1CCN(c2ccc(NC(=O)NC34CC5CC(CC(C5)C3)C4)cc2C(=O)NCCc2ccccc2)CC1. The maximum atomic E-state index is 13.4. The highest BCUT2D eigenvalue weighted by molar-refractivity contribution is 6.02. The average molecular weight is 515 g/mol. The van der Waals surface area contributed by atoms with E-state index in [1.54, 1.807) is 0 Å². The van der Waals surface area contributed by atoms with Crippen LogP contribution in [0.4, 0.5) is 16.2 Å². The van der Waals surface area contributed by atoms with E-state index in [0.29, 0.717) is 23.7 Å². The molecular formula is C32H42N4O2. The molecule has 0 unspecified atom stereocenters. The first-order valence-electron chi connectivity index (χ1n) is 14.7. The van der Waals surface area contributed by atoms with Crippen molar-refractivity contribution in [2.24, 2.45) is 23.7 Å². The molecule has 5 aliphatic rings. The highest BCUT2D eigenvalue weighted by Gasteiger charge is 2.51. The highest BCUT2D eigenvalue weighted by Crippen LogP contribution is 2.55. The molecule has 1 saturated heterocycles. The van der Waals surface area contributed by atoms with Gasteiger partial charge in [0.25, 0.3) is 5.91 Å². The maximum absolute atomic E-state index is 13.4. The lowest BCUT2D eigenvalue weighted by atomic mass is 9.53. The molecule has 0 atom stereocenters. The Morgan fingerprint density at radius 1 is 0.921 bits per heavy atom. The zero-order valence-corrected chi connectivity index (χ0v) is 22.7. The van der Waals surface area contributed by atoms with Gasteiger partial charge in [0.2, 0.25) is 0 Å². The standard InChI is InChI=1S/C32H42N4O2/c1-22-10-13-36(14-11-22)29-8-7-27(18-28(29)30(37)33-12-9-23-5-3-2-4-6-23)34-31(38)35-32-19-24-15-25(20-32)17-26(16-24)21-32/h2-8,18,22,24-26H,9-17,19-21H2,1H3,(H,33,37)(H2,34,35,38). The lowest BCUT2D eigenvalue weighted by Crippen LogP contribution is -2.60. The van der Waals surface area contributed by atoms with Crippen molar-refractivity contribution in [3.05, 3.63) is 59.7 Å². The van der Waals surface area contributed by atoms with Gasteiger partial charge in [-0.3, -0.25) is 4.79 Å². The summed E-state index contributed by atoms with van der Waals surface area (Å²) in [4.78, 5) is 29.0. The Morgan fingerprint density at radius 2 is 1.58 bits per heavy atom. The summed E-state index contributed by atoms with van der Waals surface area (Å²) in [5.41, 5.74) is 3.44. The van der Waals surface area contributed by atoms with Gasteiger partial charge in [-0.05, 0) is 105 Å². The van der Waals surface area contributed by atoms with Crippen molar-refractivity contribution in [2.45, 2.75) is 70.3 Å². The molecule has 7 rings (SSSR count). The van der Waals surface area contributed by atoms with Crippen LogP contribution in [0.3, 0.4) is 0 Å². The Hall–Kier alpha value is -3.02. The molecule has 1 aliphatic heterocycles. The van der Waals surface area contributed by atoms with Crippen molar-refractivity contribution in [1.29, 1.82) is 0 Å². The van der Waals surface area contributed by atoms with Crippen molar-refractivity contribution >= 4 is 23.3 Å². The minimum atomic E-state index is -0.137. The van der Waals surface area contributed by atoms with Crippen LogP contribution in [0.25, 0.3) is 0 Å². The monoisotopic (exact) mass is 514 g/mol. The van der Waals surface area contributed by atoms with Crippen LogP contribution in [0.5, 0.6) is 0 Å². The van der Waals surface area contributed by atoms with Crippen LogP contribution in [0.15, 0.2) is 48.5 Å². The third kappa shape index (κ3) is 5.55. The summed E-state index contributed by atoms with van der Waals surface area (Å²) >= 11 is 0. The predicted octanol–water partition coefficient (Wildman–Crippen LogP) is 5.99. The second kappa shape index (κ2) is 10.6. The van der Waals surface area contributed by atoms with E-state index in [2.05, 4.69) is 39.9 Å². The molecule has 4 aliphatic carbocycles. The van der Waals surface area contributed by atoms with Crippen molar-refractivity contribution in [2.75, 3.05) is 29.9 Å². The second-order valence-electron chi connectivity index (χ2n) is 12.7. The van der Waals surface area contributed by atoms with Gasteiger partial charge >= 0.3 is 6.03 Å². The summed E-state index contributed by atoms with van der Waals surface area (Å²) in [6.45, 7) is 4.77. The number of rotatable bonds is 7. The number of anilines is 2. The van der Waals surface area contributed by atoms with Gasteiger partial charge in [-0.2, -0.15) is 0 Å². The third-order valence-electron chi connectivity index (χ3n) is 9.58. The number of amides is 3. The van der Waals surface area contributed by atoms with Crippen molar-refractivity contribution < 1.29 is 9.59 Å². The van der Waals surface area contributed by atoms with Crippen LogP contribution in [0, 0.1) is 23.7 Å². The topological polar surface area (TPSA) is 73.5 Å². The summed E-state index contributed by atoms with van der Waals surface area (Å²) in [6.07, 6.45) is 10.4. The molecule has 202 valence electrons. The van der Waals surface area contributed by atoms with Crippen molar-refractivity contribution in [3.63, 3.8) is 0 Å². The predicted molar refractivity (Wildman–Crippen MR) is 153 cm³/mol. The van der Waals surface area contributed by atoms with Crippen molar-refractivity contribution in [1.82, 2.24) is 10.6 Å². The highest BCUT2D eigenvalue weighted by atomic mass is 16.2. The zero-order chi connectivity index (χ0) is 26.1. The number of nitrogens with one attached hydrogen (secondary N) is 3. The molecule has 4 saturated carbocycles. The lowest BCUT2D eigenvalue weighted by molar-refractivity contribution is -0.0127. The molecule has 3 N–H and O–H groups in total. The largest absolute Gasteiger partial charge is 0.371 e. The van der Waals surface area contributed by atoms with Crippen LogP contribution in [-0.2, 0) is 6.42 Å². The molecule has 6 nitrogen and oxygen atoms in total. The van der Waals surface area contributed by atoms with E-state index in [1.165, 1.54) is 24.8 Å². The van der Waals surface area contributed by atoms with E-state index in [4.69, 9.17) is 0 Å². The van der Waals surface area contributed by atoms with E-state index in [-0.39, 0.29) is 17.5 Å². The summed E-state index contributed by atoms with van der Waals surface area (Å²) < 4.78 is 0. The Balaban J connectivity index is 1.15. The first-order chi connectivity index (χ1) is 18.4. The van der Waals surface area contributed by atoms with Gasteiger partial charge in [0.05, 0.1) is 5.56 Å². The van der Waals surface area contributed by atoms with Crippen LogP contribution in [-0.4, -0.2) is 37.1 Å². The van der Waals surface area contributed by atoms with Gasteiger partial charge in [-0.1, -0.05) is 37.3 Å². The number of hydrogen-bond acceptors (Lipinski definition) is 3. The Labute approximate surface area is 226 Å². The molecule has 2 aromatic rings. The summed E-state index contributed by atoms with van der Waals surface area (Å²) in [7, 11) is 0. The van der Waals surface area contributed by atoms with E-state index in [1.807, 2.05) is 36.4 Å². The fourth-order valence-electron chi connectivity index (χ4n) is 8.05. The Kier molecular flexibility index (Phi) is 7.07. The third-order valence-corrected chi connectivity index (χ3v) is 9.58. The van der Waals surface area contributed by atoms with Crippen LogP contribution < -0.4 is 20.9 Å². The second-order valence-corrected chi connectivity index (χ2v) is 12.7. The number of benzene rings is 2. The number of hydrogen-bond donors (Lipinski definition) is 3. The summed E-state index contributed by atoms with van der Waals surface area (Å²) in [5.74, 6) is 2.96. The van der Waals surface area contributed by atoms with Crippen LogP contribution >= 0.6 is 0 Å². The van der Waals surface area contributed by atoms with Gasteiger partial charge in [0.1, 0.15) is 0 Å². The molecule has 0 aromatic heterocycles. The van der Waals surface area contributed by atoms with E-state index >= 15 is 0 Å². The van der Waals surface area contributed by atoms with Gasteiger partial charge in [-0.15, -0.1) is 0 Å².